The molecular weight excluding hydrogens is 307 g/mol. The number of halogens is 3. The van der Waals surface area contributed by atoms with Gasteiger partial charge in [0, 0.05) is 51.3 Å². The minimum absolute atomic E-state index is 0.0978. The van der Waals surface area contributed by atoms with Gasteiger partial charge in [-0.2, -0.15) is 0 Å². The third-order valence-corrected chi connectivity index (χ3v) is 4.47. The van der Waals surface area contributed by atoms with Gasteiger partial charge in [-0.1, -0.05) is 0 Å². The second kappa shape index (κ2) is 6.39. The molecule has 0 bridgehead atoms. The predicted molar refractivity (Wildman–Crippen MR) is 81.2 cm³/mol. The predicted octanol–water partition coefficient (Wildman–Crippen LogP) is 1.86. The molecule has 2 aliphatic rings. The van der Waals surface area contributed by atoms with E-state index in [1.807, 2.05) is 4.90 Å². The number of nitrogens with one attached hydrogen (secondary N) is 1. The summed E-state index contributed by atoms with van der Waals surface area (Å²) >= 11 is 0. The summed E-state index contributed by atoms with van der Waals surface area (Å²) < 4.78 is 39.4. The third kappa shape index (κ3) is 3.77. The second-order valence-electron chi connectivity index (χ2n) is 6.11. The van der Waals surface area contributed by atoms with Gasteiger partial charge in [-0.05, 0) is 24.3 Å². The highest BCUT2D eigenvalue weighted by atomic mass is 19.3. The standard InChI is InChI=1S/C16H20F3N3O/c17-12-1-3-13(4-2-12)22-10-7-20-14(11-22)15(23)21-8-5-16(18,19)6-9-21/h1-4,14,20H,5-11H2/t14-/m0/s1. The number of carbonyl (C=O) groups is 1. The minimum Gasteiger partial charge on any atom is -0.368 e. The highest BCUT2D eigenvalue weighted by Crippen LogP contribution is 2.28. The lowest BCUT2D eigenvalue weighted by Gasteiger charge is -2.39. The molecule has 2 fully saturated rings. The first-order valence-electron chi connectivity index (χ1n) is 7.85. The quantitative estimate of drug-likeness (QED) is 0.901. The van der Waals surface area contributed by atoms with Crippen LogP contribution in [0.15, 0.2) is 24.3 Å². The molecule has 2 aliphatic heterocycles. The van der Waals surface area contributed by atoms with Crippen LogP contribution in [0.4, 0.5) is 18.9 Å². The van der Waals surface area contributed by atoms with Crippen LogP contribution in [0.1, 0.15) is 12.8 Å². The van der Waals surface area contributed by atoms with Crippen molar-refractivity contribution in [1.29, 1.82) is 0 Å². The zero-order valence-corrected chi connectivity index (χ0v) is 12.8. The summed E-state index contributed by atoms with van der Waals surface area (Å²) in [5, 5.41) is 3.15. The normalized spacial score (nSPS) is 24.6. The molecule has 0 unspecified atom stereocenters. The number of piperazine rings is 1. The van der Waals surface area contributed by atoms with Gasteiger partial charge >= 0.3 is 0 Å². The SMILES string of the molecule is O=C([C@@H]1CN(c2ccc(F)cc2)CCN1)N1CCC(F)(F)CC1. The fourth-order valence-corrected chi connectivity index (χ4v) is 3.08. The molecule has 1 aromatic rings. The molecule has 0 aromatic heterocycles. The third-order valence-electron chi connectivity index (χ3n) is 4.47. The number of hydrogen-bond donors (Lipinski definition) is 1. The van der Waals surface area contributed by atoms with Gasteiger partial charge in [0.15, 0.2) is 0 Å². The van der Waals surface area contributed by atoms with E-state index in [2.05, 4.69) is 5.32 Å². The molecule has 0 aliphatic carbocycles. The maximum absolute atomic E-state index is 13.2. The van der Waals surface area contributed by atoms with E-state index in [1.54, 1.807) is 12.1 Å². The Hall–Kier alpha value is -1.76. The summed E-state index contributed by atoms with van der Waals surface area (Å²) in [5.41, 5.74) is 0.857. The Kier molecular flexibility index (Phi) is 4.48. The summed E-state index contributed by atoms with van der Waals surface area (Å²) in [6.07, 6.45) is -0.541. The Morgan fingerprint density at radius 2 is 1.78 bits per heavy atom. The van der Waals surface area contributed by atoms with Gasteiger partial charge in [-0.3, -0.25) is 4.79 Å². The van der Waals surface area contributed by atoms with Crippen LogP contribution in [0.25, 0.3) is 0 Å². The topological polar surface area (TPSA) is 35.6 Å². The van der Waals surface area contributed by atoms with Crippen molar-refractivity contribution in [2.75, 3.05) is 37.6 Å². The molecular formula is C16H20F3N3O. The first-order chi connectivity index (χ1) is 10.9. The van der Waals surface area contributed by atoms with Crippen LogP contribution < -0.4 is 10.2 Å². The van der Waals surface area contributed by atoms with E-state index < -0.39 is 12.0 Å². The van der Waals surface area contributed by atoms with Crippen LogP contribution in [-0.2, 0) is 4.79 Å². The van der Waals surface area contributed by atoms with Crippen LogP contribution in [-0.4, -0.2) is 55.5 Å². The molecule has 4 nitrogen and oxygen atoms in total. The smallest absolute Gasteiger partial charge is 0.251 e. The molecule has 1 aromatic carbocycles. The highest BCUT2D eigenvalue weighted by molar-refractivity contribution is 5.83. The van der Waals surface area contributed by atoms with E-state index in [-0.39, 0.29) is 37.7 Å². The van der Waals surface area contributed by atoms with Crippen molar-refractivity contribution in [3.8, 4) is 0 Å². The molecule has 0 saturated carbocycles. The summed E-state index contributed by atoms with van der Waals surface area (Å²) in [5.74, 6) is -3.09. The van der Waals surface area contributed by atoms with Crippen molar-refractivity contribution in [3.05, 3.63) is 30.1 Å². The average molecular weight is 327 g/mol. The molecule has 0 spiro atoms. The van der Waals surface area contributed by atoms with Crippen LogP contribution in [0.5, 0.6) is 0 Å². The number of likely N-dealkylation sites (tertiary alicyclic amines) is 1. The number of carbonyl (C=O) groups excluding carboxylic acids is 1. The maximum Gasteiger partial charge on any atom is 0.251 e. The van der Waals surface area contributed by atoms with E-state index in [9.17, 15) is 18.0 Å². The van der Waals surface area contributed by atoms with Gasteiger partial charge < -0.3 is 15.1 Å². The second-order valence-corrected chi connectivity index (χ2v) is 6.11. The molecule has 1 amide bonds. The van der Waals surface area contributed by atoms with Gasteiger partial charge in [-0.25, -0.2) is 13.2 Å². The molecule has 1 N–H and O–H groups in total. The lowest BCUT2D eigenvalue weighted by Crippen LogP contribution is -2.59. The van der Waals surface area contributed by atoms with Crippen molar-refractivity contribution in [2.24, 2.45) is 0 Å². The lowest BCUT2D eigenvalue weighted by molar-refractivity contribution is -0.139. The molecule has 2 heterocycles. The number of alkyl halides is 2. The number of hydrogen-bond acceptors (Lipinski definition) is 3. The zero-order valence-electron chi connectivity index (χ0n) is 12.8. The Labute approximate surface area is 133 Å². The van der Waals surface area contributed by atoms with Crippen molar-refractivity contribution in [1.82, 2.24) is 10.2 Å². The van der Waals surface area contributed by atoms with Crippen LogP contribution in [0, 0.1) is 5.82 Å². The number of piperidine rings is 1. The molecule has 23 heavy (non-hydrogen) atoms. The Morgan fingerprint density at radius 1 is 1.13 bits per heavy atom. The summed E-state index contributed by atoms with van der Waals surface area (Å²) in [4.78, 5) is 16.1. The van der Waals surface area contributed by atoms with Crippen LogP contribution in [0.2, 0.25) is 0 Å². The van der Waals surface area contributed by atoms with Gasteiger partial charge in [0.1, 0.15) is 11.9 Å². The number of anilines is 1. The summed E-state index contributed by atoms with van der Waals surface area (Å²) in [7, 11) is 0. The Balaban J connectivity index is 1.62. The van der Waals surface area contributed by atoms with E-state index in [4.69, 9.17) is 0 Å². The molecule has 0 radical (unpaired) electrons. The van der Waals surface area contributed by atoms with E-state index in [0.717, 1.165) is 5.69 Å². The fraction of sp³-hybridized carbons (Fsp3) is 0.562. The van der Waals surface area contributed by atoms with Gasteiger partial charge in [-0.15, -0.1) is 0 Å². The molecule has 2 saturated heterocycles. The molecule has 7 heteroatoms. The lowest BCUT2D eigenvalue weighted by atomic mass is 10.0. The van der Waals surface area contributed by atoms with E-state index in [1.165, 1.54) is 17.0 Å². The van der Waals surface area contributed by atoms with Crippen molar-refractivity contribution in [2.45, 2.75) is 24.8 Å². The summed E-state index contributed by atoms with van der Waals surface area (Å²) in [6.45, 7) is 1.99. The van der Waals surface area contributed by atoms with E-state index >= 15 is 0 Å². The highest BCUT2D eigenvalue weighted by Gasteiger charge is 2.38. The van der Waals surface area contributed by atoms with E-state index in [0.29, 0.717) is 19.6 Å². The first-order valence-corrected chi connectivity index (χ1v) is 7.85. The Morgan fingerprint density at radius 3 is 2.43 bits per heavy atom. The number of benzene rings is 1. The van der Waals surface area contributed by atoms with Gasteiger partial charge in [0.2, 0.25) is 5.91 Å². The average Bonchev–Trinajstić information content (AvgIpc) is 2.55. The van der Waals surface area contributed by atoms with Crippen LogP contribution >= 0.6 is 0 Å². The molecule has 3 rings (SSSR count). The molecule has 1 atom stereocenters. The fourth-order valence-electron chi connectivity index (χ4n) is 3.08. The summed E-state index contributed by atoms with van der Waals surface area (Å²) in [6, 6.07) is 5.73. The number of nitrogens with zero attached hydrogens (tertiary/aromatic N) is 2. The monoisotopic (exact) mass is 327 g/mol. The van der Waals surface area contributed by atoms with Crippen molar-refractivity contribution in [3.63, 3.8) is 0 Å². The van der Waals surface area contributed by atoms with Crippen LogP contribution in [0.3, 0.4) is 0 Å². The zero-order chi connectivity index (χ0) is 16.4. The molecule has 126 valence electrons. The van der Waals surface area contributed by atoms with Gasteiger partial charge in [0.05, 0.1) is 0 Å². The van der Waals surface area contributed by atoms with Gasteiger partial charge in [0.25, 0.3) is 5.92 Å². The largest absolute Gasteiger partial charge is 0.368 e. The number of rotatable bonds is 2. The van der Waals surface area contributed by atoms with Crippen molar-refractivity contribution >= 4 is 11.6 Å². The maximum atomic E-state index is 13.2. The number of amides is 1. The minimum atomic E-state index is -2.66. The van der Waals surface area contributed by atoms with Crippen molar-refractivity contribution < 1.29 is 18.0 Å². The first kappa shape index (κ1) is 16.1. The Bertz CT molecular complexity index is 554.